The van der Waals surface area contributed by atoms with Gasteiger partial charge in [0.2, 0.25) is 0 Å². The van der Waals surface area contributed by atoms with Crippen LogP contribution in [0.15, 0.2) is 4.47 Å². The summed E-state index contributed by atoms with van der Waals surface area (Å²) in [5, 5.41) is 4.41. The molecule has 1 rings (SSSR count). The summed E-state index contributed by atoms with van der Waals surface area (Å²) in [5.74, 6) is 0. The van der Waals surface area contributed by atoms with Gasteiger partial charge in [0.25, 0.3) is 0 Å². The minimum atomic E-state index is 0.539. The van der Waals surface area contributed by atoms with Crippen LogP contribution in [0.2, 0.25) is 0 Å². The van der Waals surface area contributed by atoms with Crippen LogP contribution in [0.25, 0.3) is 0 Å². The Morgan fingerprint density at radius 1 is 1.17 bits per heavy atom. The van der Waals surface area contributed by atoms with E-state index in [2.05, 4.69) is 28.0 Å². The van der Waals surface area contributed by atoms with Crippen molar-refractivity contribution in [2.75, 3.05) is 33.5 Å². The lowest BCUT2D eigenvalue weighted by molar-refractivity contribution is 0.0185. The van der Waals surface area contributed by atoms with Crippen LogP contribution in [-0.4, -0.2) is 43.3 Å². The van der Waals surface area contributed by atoms with Crippen LogP contribution in [0.1, 0.15) is 18.3 Å². The molecule has 0 spiro atoms. The highest BCUT2D eigenvalue weighted by Gasteiger charge is 2.11. The molecule has 0 saturated carbocycles. The number of halogens is 1. The molecule has 0 aliphatic carbocycles. The second-order valence-electron chi connectivity index (χ2n) is 3.84. The summed E-state index contributed by atoms with van der Waals surface area (Å²) in [6.45, 7) is 5.00. The van der Waals surface area contributed by atoms with Gasteiger partial charge in [-0.1, -0.05) is 6.92 Å². The fraction of sp³-hybridized carbons (Fsp3) is 0.750. The van der Waals surface area contributed by atoms with Crippen molar-refractivity contribution >= 4 is 15.9 Å². The molecular formula is C12H21BrN2O3. The number of aromatic nitrogens is 2. The first-order valence-electron chi connectivity index (χ1n) is 6.05. The van der Waals surface area contributed by atoms with E-state index in [9.17, 15) is 0 Å². The Balaban J connectivity index is 2.25. The predicted octanol–water partition coefficient (Wildman–Crippen LogP) is 1.92. The summed E-state index contributed by atoms with van der Waals surface area (Å²) in [7, 11) is 3.59. The summed E-state index contributed by atoms with van der Waals surface area (Å²) in [5.41, 5.74) is 2.12. The van der Waals surface area contributed by atoms with Gasteiger partial charge < -0.3 is 14.2 Å². The zero-order chi connectivity index (χ0) is 13.4. The van der Waals surface area contributed by atoms with Crippen LogP contribution < -0.4 is 0 Å². The van der Waals surface area contributed by atoms with Crippen molar-refractivity contribution in [2.45, 2.75) is 20.0 Å². The van der Waals surface area contributed by atoms with Crippen molar-refractivity contribution in [1.82, 2.24) is 9.78 Å². The van der Waals surface area contributed by atoms with Gasteiger partial charge in [0.15, 0.2) is 0 Å². The van der Waals surface area contributed by atoms with Gasteiger partial charge in [0.05, 0.1) is 48.9 Å². The van der Waals surface area contributed by atoms with Gasteiger partial charge in [0, 0.05) is 14.2 Å². The summed E-state index contributed by atoms with van der Waals surface area (Å²) in [6.07, 6.45) is 0.911. The number of hydrogen-bond acceptors (Lipinski definition) is 4. The molecule has 0 aliphatic heterocycles. The summed E-state index contributed by atoms with van der Waals surface area (Å²) < 4.78 is 18.7. The van der Waals surface area contributed by atoms with Crippen molar-refractivity contribution in [3.8, 4) is 0 Å². The molecule has 0 unspecified atom stereocenters. The van der Waals surface area contributed by atoms with E-state index in [1.54, 1.807) is 7.11 Å². The van der Waals surface area contributed by atoms with Crippen molar-refractivity contribution < 1.29 is 14.2 Å². The Kier molecular flexibility index (Phi) is 7.50. The third-order valence-electron chi connectivity index (χ3n) is 2.55. The second kappa shape index (κ2) is 8.63. The van der Waals surface area contributed by atoms with Crippen LogP contribution >= 0.6 is 15.9 Å². The Hall–Kier alpha value is -0.430. The number of aryl methyl sites for hydroxylation is 2. The first kappa shape index (κ1) is 15.6. The quantitative estimate of drug-likeness (QED) is 0.652. The SMILES string of the molecule is CCc1nn(C)c(COCCOCCOC)c1Br. The number of methoxy groups -OCH3 is 1. The lowest BCUT2D eigenvalue weighted by Crippen LogP contribution is -2.09. The normalized spacial score (nSPS) is 11.1. The molecule has 0 aliphatic rings. The molecule has 0 bridgehead atoms. The number of hydrogen-bond donors (Lipinski definition) is 0. The highest BCUT2D eigenvalue weighted by Crippen LogP contribution is 2.21. The van der Waals surface area contributed by atoms with Gasteiger partial charge in [0.1, 0.15) is 0 Å². The molecule has 0 fully saturated rings. The zero-order valence-corrected chi connectivity index (χ0v) is 12.8. The highest BCUT2D eigenvalue weighted by molar-refractivity contribution is 9.10. The highest BCUT2D eigenvalue weighted by atomic mass is 79.9. The molecule has 1 aromatic heterocycles. The average Bonchev–Trinajstić information content (AvgIpc) is 2.64. The number of nitrogens with zero attached hydrogens (tertiary/aromatic N) is 2. The van der Waals surface area contributed by atoms with Gasteiger partial charge >= 0.3 is 0 Å². The summed E-state index contributed by atoms with van der Waals surface area (Å²) in [6, 6.07) is 0. The minimum Gasteiger partial charge on any atom is -0.382 e. The molecule has 0 radical (unpaired) electrons. The van der Waals surface area contributed by atoms with Crippen molar-refractivity contribution in [3.05, 3.63) is 15.9 Å². The maximum atomic E-state index is 5.56. The lowest BCUT2D eigenvalue weighted by atomic mass is 10.3. The Labute approximate surface area is 117 Å². The van der Waals surface area contributed by atoms with E-state index in [-0.39, 0.29) is 0 Å². The molecule has 104 valence electrons. The maximum Gasteiger partial charge on any atom is 0.0897 e. The van der Waals surface area contributed by atoms with E-state index in [1.807, 2.05) is 11.7 Å². The van der Waals surface area contributed by atoms with E-state index in [0.29, 0.717) is 33.0 Å². The molecule has 0 saturated heterocycles. The van der Waals surface area contributed by atoms with E-state index in [4.69, 9.17) is 14.2 Å². The van der Waals surface area contributed by atoms with Crippen LogP contribution in [0.5, 0.6) is 0 Å². The van der Waals surface area contributed by atoms with Gasteiger partial charge in [-0.05, 0) is 22.4 Å². The summed E-state index contributed by atoms with van der Waals surface area (Å²) in [4.78, 5) is 0. The number of rotatable bonds is 9. The Morgan fingerprint density at radius 3 is 2.44 bits per heavy atom. The van der Waals surface area contributed by atoms with Gasteiger partial charge in [-0.2, -0.15) is 5.10 Å². The van der Waals surface area contributed by atoms with E-state index in [1.165, 1.54) is 0 Å². The van der Waals surface area contributed by atoms with Crippen LogP contribution in [0.3, 0.4) is 0 Å². The molecule has 6 heteroatoms. The fourth-order valence-corrected chi connectivity index (χ4v) is 2.24. The van der Waals surface area contributed by atoms with Crippen LogP contribution in [0.4, 0.5) is 0 Å². The van der Waals surface area contributed by atoms with E-state index in [0.717, 1.165) is 22.3 Å². The second-order valence-corrected chi connectivity index (χ2v) is 4.64. The Morgan fingerprint density at radius 2 is 1.83 bits per heavy atom. The molecule has 0 amide bonds. The molecule has 1 heterocycles. The largest absolute Gasteiger partial charge is 0.382 e. The molecule has 1 aromatic rings. The van der Waals surface area contributed by atoms with Gasteiger partial charge in [-0.15, -0.1) is 0 Å². The zero-order valence-electron chi connectivity index (χ0n) is 11.2. The van der Waals surface area contributed by atoms with Crippen molar-refractivity contribution in [1.29, 1.82) is 0 Å². The molecule has 5 nitrogen and oxygen atoms in total. The van der Waals surface area contributed by atoms with Crippen molar-refractivity contribution in [3.63, 3.8) is 0 Å². The number of ether oxygens (including phenoxy) is 3. The Bertz CT molecular complexity index is 355. The molecule has 18 heavy (non-hydrogen) atoms. The molecule has 0 atom stereocenters. The maximum absolute atomic E-state index is 5.56. The predicted molar refractivity (Wildman–Crippen MR) is 72.6 cm³/mol. The summed E-state index contributed by atoms with van der Waals surface area (Å²) >= 11 is 3.55. The van der Waals surface area contributed by atoms with E-state index >= 15 is 0 Å². The molecular weight excluding hydrogens is 300 g/mol. The first-order chi connectivity index (χ1) is 8.70. The van der Waals surface area contributed by atoms with Gasteiger partial charge in [-0.3, -0.25) is 4.68 Å². The monoisotopic (exact) mass is 320 g/mol. The lowest BCUT2D eigenvalue weighted by Gasteiger charge is -2.06. The fourth-order valence-electron chi connectivity index (χ4n) is 1.51. The van der Waals surface area contributed by atoms with Crippen LogP contribution in [0, 0.1) is 0 Å². The average molecular weight is 321 g/mol. The smallest absolute Gasteiger partial charge is 0.0897 e. The van der Waals surface area contributed by atoms with E-state index < -0.39 is 0 Å². The van der Waals surface area contributed by atoms with Crippen molar-refractivity contribution in [2.24, 2.45) is 7.05 Å². The molecule has 0 N–H and O–H groups in total. The third-order valence-corrected chi connectivity index (χ3v) is 3.46. The topological polar surface area (TPSA) is 45.5 Å². The first-order valence-corrected chi connectivity index (χ1v) is 6.84. The minimum absolute atomic E-state index is 0.539. The van der Waals surface area contributed by atoms with Crippen LogP contribution in [-0.2, 0) is 34.3 Å². The van der Waals surface area contributed by atoms with Gasteiger partial charge in [-0.25, -0.2) is 0 Å². The third kappa shape index (κ3) is 4.68. The standard InChI is InChI=1S/C12H21BrN2O3/c1-4-10-12(13)11(15(2)14-10)9-18-8-7-17-6-5-16-3/h4-9H2,1-3H3. The molecule has 0 aromatic carbocycles.